The molecule has 1 aromatic carbocycles. The molecule has 6 nitrogen and oxygen atoms in total. The standard InChI is InChI=1S/C20H26BClF2N2O4/c1-12-10-14-13(11-25-26(14)15-8-6-7-9-27-15)16(17(12)28-20(22,23)24)21-29-18(2,3)19(4,5)30-21/h10-11,15H,6-9H2,1-5H3. The minimum atomic E-state index is -3.88. The van der Waals surface area contributed by atoms with Gasteiger partial charge in [-0.25, -0.2) is 4.68 Å². The summed E-state index contributed by atoms with van der Waals surface area (Å²) in [6.07, 6.45) is 4.29. The van der Waals surface area contributed by atoms with E-state index in [1.807, 2.05) is 27.7 Å². The van der Waals surface area contributed by atoms with E-state index in [0.717, 1.165) is 24.8 Å². The molecule has 0 amide bonds. The molecule has 1 unspecified atom stereocenters. The van der Waals surface area contributed by atoms with E-state index in [2.05, 4.69) is 5.10 Å². The molecular weight excluding hydrogens is 416 g/mol. The fourth-order valence-corrected chi connectivity index (χ4v) is 4.00. The number of halogens is 3. The number of alkyl halides is 3. The van der Waals surface area contributed by atoms with Gasteiger partial charge in [0.2, 0.25) is 0 Å². The smallest absolute Gasteiger partial charge is 0.420 e. The van der Waals surface area contributed by atoms with Crippen LogP contribution in [0, 0.1) is 6.92 Å². The SMILES string of the molecule is Cc1cc2c(cnn2C2CCCCO2)c(B2OC(C)(C)C(C)(C)O2)c1OC(F)(F)Cl. The third kappa shape index (κ3) is 3.81. The zero-order valence-electron chi connectivity index (χ0n) is 17.8. The minimum absolute atomic E-state index is 0.0647. The summed E-state index contributed by atoms with van der Waals surface area (Å²) in [6.45, 7) is 9.94. The van der Waals surface area contributed by atoms with E-state index in [1.54, 1.807) is 23.9 Å². The van der Waals surface area contributed by atoms with Gasteiger partial charge in [0.05, 0.1) is 22.9 Å². The van der Waals surface area contributed by atoms with Crippen LogP contribution in [-0.2, 0) is 14.0 Å². The molecule has 30 heavy (non-hydrogen) atoms. The second-order valence-corrected chi connectivity index (χ2v) is 9.36. The zero-order chi connectivity index (χ0) is 21.9. The van der Waals surface area contributed by atoms with Crippen molar-refractivity contribution >= 4 is 35.1 Å². The number of nitrogens with zero attached hydrogens (tertiary/aromatic N) is 2. The van der Waals surface area contributed by atoms with Crippen LogP contribution < -0.4 is 10.2 Å². The Morgan fingerprint density at radius 1 is 1.23 bits per heavy atom. The lowest BCUT2D eigenvalue weighted by atomic mass is 9.75. The summed E-state index contributed by atoms with van der Waals surface area (Å²) in [7, 11) is -0.920. The second-order valence-electron chi connectivity index (χ2n) is 8.92. The van der Waals surface area contributed by atoms with Gasteiger partial charge in [-0.1, -0.05) is 0 Å². The maximum absolute atomic E-state index is 13.7. The minimum Gasteiger partial charge on any atom is -0.420 e. The van der Waals surface area contributed by atoms with Gasteiger partial charge in [0, 0.05) is 29.1 Å². The van der Waals surface area contributed by atoms with Gasteiger partial charge in [-0.3, -0.25) is 0 Å². The summed E-state index contributed by atoms with van der Waals surface area (Å²) in [6, 6.07) is 1.76. The largest absolute Gasteiger partial charge is 0.499 e. The summed E-state index contributed by atoms with van der Waals surface area (Å²) in [5.41, 5.74) is -3.61. The van der Waals surface area contributed by atoms with Crippen LogP contribution in [0.5, 0.6) is 5.75 Å². The quantitative estimate of drug-likeness (QED) is 0.515. The van der Waals surface area contributed by atoms with Crippen molar-refractivity contribution in [2.45, 2.75) is 76.9 Å². The van der Waals surface area contributed by atoms with E-state index in [-0.39, 0.29) is 12.0 Å². The highest BCUT2D eigenvalue weighted by molar-refractivity contribution is 6.66. The molecule has 4 rings (SSSR count). The maximum Gasteiger partial charge on any atom is 0.499 e. The van der Waals surface area contributed by atoms with Crippen molar-refractivity contribution in [1.82, 2.24) is 9.78 Å². The first kappa shape index (κ1) is 21.8. The number of hydrogen-bond acceptors (Lipinski definition) is 5. The van der Waals surface area contributed by atoms with Gasteiger partial charge in [0.15, 0.2) is 6.23 Å². The van der Waals surface area contributed by atoms with E-state index in [0.29, 0.717) is 23.0 Å². The number of hydrogen-bond donors (Lipinski definition) is 0. The zero-order valence-corrected chi connectivity index (χ0v) is 18.6. The summed E-state index contributed by atoms with van der Waals surface area (Å²) in [5, 5.41) is 5.11. The van der Waals surface area contributed by atoms with Crippen LogP contribution in [0.25, 0.3) is 10.9 Å². The predicted molar refractivity (Wildman–Crippen MR) is 110 cm³/mol. The van der Waals surface area contributed by atoms with Crippen LogP contribution >= 0.6 is 11.6 Å². The van der Waals surface area contributed by atoms with E-state index in [1.165, 1.54) is 0 Å². The molecule has 1 atom stereocenters. The Morgan fingerprint density at radius 3 is 2.47 bits per heavy atom. The first-order valence-electron chi connectivity index (χ1n) is 10.1. The average Bonchev–Trinajstić information content (AvgIpc) is 3.12. The molecule has 2 aliphatic rings. The Balaban J connectivity index is 1.88. The average molecular weight is 443 g/mol. The molecule has 3 heterocycles. The van der Waals surface area contributed by atoms with Crippen LogP contribution in [0.15, 0.2) is 12.3 Å². The molecule has 1 aromatic heterocycles. The monoisotopic (exact) mass is 442 g/mol. The molecule has 2 aliphatic heterocycles. The van der Waals surface area contributed by atoms with Crippen molar-refractivity contribution in [3.8, 4) is 5.75 Å². The van der Waals surface area contributed by atoms with Gasteiger partial charge in [-0.05, 0) is 65.5 Å². The highest BCUT2D eigenvalue weighted by atomic mass is 35.5. The molecule has 2 aromatic rings. The number of benzene rings is 1. The van der Waals surface area contributed by atoms with Crippen LogP contribution in [0.2, 0.25) is 0 Å². The van der Waals surface area contributed by atoms with E-state index in [9.17, 15) is 8.78 Å². The van der Waals surface area contributed by atoms with E-state index >= 15 is 0 Å². The first-order valence-corrected chi connectivity index (χ1v) is 10.5. The molecule has 0 saturated carbocycles. The van der Waals surface area contributed by atoms with Gasteiger partial charge in [0.25, 0.3) is 0 Å². The van der Waals surface area contributed by atoms with Gasteiger partial charge >= 0.3 is 12.7 Å². The van der Waals surface area contributed by atoms with Crippen molar-refractivity contribution < 1.29 is 27.6 Å². The lowest BCUT2D eigenvalue weighted by Crippen LogP contribution is -2.41. The fourth-order valence-electron chi connectivity index (χ4n) is 3.92. The third-order valence-electron chi connectivity index (χ3n) is 6.22. The van der Waals surface area contributed by atoms with Crippen LogP contribution in [0.1, 0.15) is 58.7 Å². The van der Waals surface area contributed by atoms with Crippen molar-refractivity contribution in [3.05, 3.63) is 17.8 Å². The third-order valence-corrected chi connectivity index (χ3v) is 6.29. The van der Waals surface area contributed by atoms with Crippen molar-refractivity contribution in [2.24, 2.45) is 0 Å². The van der Waals surface area contributed by atoms with Crippen LogP contribution in [-0.4, -0.2) is 40.3 Å². The second kappa shape index (κ2) is 7.33. The molecule has 0 N–H and O–H groups in total. The highest BCUT2D eigenvalue weighted by Crippen LogP contribution is 2.40. The number of ether oxygens (including phenoxy) is 2. The maximum atomic E-state index is 13.7. The number of fused-ring (bicyclic) bond motifs is 1. The summed E-state index contributed by atoms with van der Waals surface area (Å²) >= 11 is 5.13. The molecule has 2 fully saturated rings. The number of aryl methyl sites for hydroxylation is 1. The Hall–Kier alpha value is -1.42. The Kier molecular flexibility index (Phi) is 5.32. The molecule has 0 bridgehead atoms. The van der Waals surface area contributed by atoms with E-state index in [4.69, 9.17) is 30.4 Å². The molecule has 164 valence electrons. The molecule has 0 spiro atoms. The van der Waals surface area contributed by atoms with Crippen molar-refractivity contribution in [1.29, 1.82) is 0 Å². The number of aromatic nitrogens is 2. The van der Waals surface area contributed by atoms with Gasteiger partial charge in [0.1, 0.15) is 5.75 Å². The van der Waals surface area contributed by atoms with Gasteiger partial charge < -0.3 is 18.8 Å². The lowest BCUT2D eigenvalue weighted by molar-refractivity contribution is -0.0962. The summed E-state index contributed by atoms with van der Waals surface area (Å²) < 4.78 is 52.2. The van der Waals surface area contributed by atoms with Crippen molar-refractivity contribution in [2.75, 3.05) is 6.61 Å². The molecular formula is C20H26BClF2N2O4. The Labute approximate surface area is 179 Å². The normalized spacial score (nSPS) is 23.9. The van der Waals surface area contributed by atoms with E-state index < -0.39 is 23.9 Å². The Bertz CT molecular complexity index is 938. The molecule has 0 aliphatic carbocycles. The summed E-state index contributed by atoms with van der Waals surface area (Å²) in [4.78, 5) is 0. The molecule has 0 radical (unpaired) electrons. The van der Waals surface area contributed by atoms with Gasteiger partial charge in [-0.15, -0.1) is 8.78 Å². The molecule has 10 heteroatoms. The predicted octanol–water partition coefficient (Wildman–Crippen LogP) is 4.51. The van der Waals surface area contributed by atoms with Gasteiger partial charge in [-0.2, -0.15) is 5.10 Å². The van der Waals surface area contributed by atoms with Crippen LogP contribution in [0.3, 0.4) is 0 Å². The first-order chi connectivity index (χ1) is 13.9. The van der Waals surface area contributed by atoms with Crippen LogP contribution in [0.4, 0.5) is 8.78 Å². The lowest BCUT2D eigenvalue weighted by Gasteiger charge is -2.32. The Morgan fingerprint density at radius 2 is 1.90 bits per heavy atom. The number of rotatable bonds is 4. The molecule has 2 saturated heterocycles. The topological polar surface area (TPSA) is 54.7 Å². The van der Waals surface area contributed by atoms with Crippen molar-refractivity contribution in [3.63, 3.8) is 0 Å². The summed E-state index contributed by atoms with van der Waals surface area (Å²) in [5.74, 6) is -0.0647. The highest BCUT2D eigenvalue weighted by Gasteiger charge is 2.53. The fraction of sp³-hybridized carbons (Fsp3) is 0.650.